The van der Waals surface area contributed by atoms with E-state index in [2.05, 4.69) is 29.2 Å². The number of nitrogens with zero attached hydrogens (tertiary/aromatic N) is 4. The monoisotopic (exact) mass is 435 g/mol. The van der Waals surface area contributed by atoms with Crippen molar-refractivity contribution >= 4 is 11.2 Å². The first-order chi connectivity index (χ1) is 16.1. The molecule has 162 valence electrons. The average Bonchev–Trinajstić information content (AvgIpc) is 3.22. The minimum atomic E-state index is -0.357. The second-order valence-corrected chi connectivity index (χ2v) is 8.58. The van der Waals surface area contributed by atoms with E-state index in [0.29, 0.717) is 22.6 Å². The molecule has 0 saturated heterocycles. The second kappa shape index (κ2) is 7.60. The van der Waals surface area contributed by atoms with Gasteiger partial charge < -0.3 is 5.73 Å². The van der Waals surface area contributed by atoms with Crippen LogP contribution in [-0.4, -0.2) is 19.5 Å². The molecule has 5 aromatic rings. The highest BCUT2D eigenvalue weighted by Gasteiger charge is 2.34. The molecule has 0 radical (unpaired) electrons. The number of fused-ring (bicyclic) bond motifs is 1. The summed E-state index contributed by atoms with van der Waals surface area (Å²) in [5.74, 6) is 0.724. The van der Waals surface area contributed by atoms with E-state index < -0.39 is 0 Å². The lowest BCUT2D eigenvalue weighted by molar-refractivity contribution is 0.253. The summed E-state index contributed by atoms with van der Waals surface area (Å²) in [5.41, 5.74) is 11.0. The van der Waals surface area contributed by atoms with Gasteiger partial charge in [-0.05, 0) is 49.1 Å². The van der Waals surface area contributed by atoms with Gasteiger partial charge in [-0.1, -0.05) is 54.6 Å². The first kappa shape index (κ1) is 19.8. The highest BCUT2D eigenvalue weighted by atomic mass is 19.1. The van der Waals surface area contributed by atoms with Crippen LogP contribution in [0, 0.1) is 5.82 Å². The van der Waals surface area contributed by atoms with E-state index in [1.165, 1.54) is 6.07 Å². The molecule has 0 unspecified atom stereocenters. The van der Waals surface area contributed by atoms with Crippen LogP contribution in [0.5, 0.6) is 0 Å². The quantitative estimate of drug-likeness (QED) is 0.397. The summed E-state index contributed by atoms with van der Waals surface area (Å²) in [6.07, 6.45) is 4.84. The Bertz CT molecular complexity index is 1450. The van der Waals surface area contributed by atoms with Gasteiger partial charge in [0.15, 0.2) is 11.5 Å². The number of nitrogens with two attached hydrogens (primary N) is 1. The third-order valence-electron chi connectivity index (χ3n) is 6.49. The maximum absolute atomic E-state index is 14.5. The van der Waals surface area contributed by atoms with E-state index in [9.17, 15) is 4.39 Å². The molecule has 1 saturated carbocycles. The molecule has 3 aromatic carbocycles. The van der Waals surface area contributed by atoms with Crippen molar-refractivity contribution in [2.75, 3.05) is 0 Å². The third kappa shape index (κ3) is 3.31. The molecule has 6 rings (SSSR count). The fraction of sp³-hybridized carbons (Fsp3) is 0.148. The average molecular weight is 436 g/mol. The summed E-state index contributed by atoms with van der Waals surface area (Å²) in [6.45, 7) is 0. The van der Waals surface area contributed by atoms with Crippen molar-refractivity contribution in [3.05, 3.63) is 96.4 Å². The maximum Gasteiger partial charge on any atom is 0.169 e. The topological polar surface area (TPSA) is 69.6 Å². The van der Waals surface area contributed by atoms with Gasteiger partial charge in [0.2, 0.25) is 0 Å². The number of benzene rings is 3. The van der Waals surface area contributed by atoms with Crippen LogP contribution in [0.1, 0.15) is 24.8 Å². The molecule has 0 bridgehead atoms. The van der Waals surface area contributed by atoms with E-state index >= 15 is 0 Å². The number of rotatable bonds is 4. The Kier molecular flexibility index (Phi) is 4.55. The van der Waals surface area contributed by atoms with Crippen LogP contribution in [0.25, 0.3) is 39.6 Å². The molecule has 0 aliphatic heterocycles. The Balaban J connectivity index is 1.56. The minimum absolute atomic E-state index is 0.224. The van der Waals surface area contributed by atoms with Gasteiger partial charge in [-0.15, -0.1) is 0 Å². The predicted molar refractivity (Wildman–Crippen MR) is 127 cm³/mol. The van der Waals surface area contributed by atoms with Gasteiger partial charge in [0.25, 0.3) is 0 Å². The fourth-order valence-electron chi connectivity index (χ4n) is 4.46. The molecule has 5 nitrogen and oxygen atoms in total. The molecule has 33 heavy (non-hydrogen) atoms. The number of hydrogen-bond acceptors (Lipinski definition) is 4. The molecule has 0 amide bonds. The van der Waals surface area contributed by atoms with Gasteiger partial charge in [-0.2, -0.15) is 0 Å². The molecule has 1 aliphatic rings. The molecule has 2 N–H and O–H groups in total. The van der Waals surface area contributed by atoms with E-state index in [0.717, 1.165) is 41.9 Å². The molecular weight excluding hydrogens is 413 g/mol. The van der Waals surface area contributed by atoms with E-state index in [4.69, 9.17) is 15.7 Å². The smallest absolute Gasteiger partial charge is 0.169 e. The summed E-state index contributed by atoms with van der Waals surface area (Å²) >= 11 is 0. The van der Waals surface area contributed by atoms with Crippen LogP contribution in [0.2, 0.25) is 0 Å². The fourth-order valence-corrected chi connectivity index (χ4v) is 4.46. The van der Waals surface area contributed by atoms with Crippen LogP contribution in [-0.2, 0) is 5.54 Å². The molecule has 0 spiro atoms. The standard InChI is InChI=1S/C27H22FN5/c28-22-10-5-4-9-21(22)24-30-17-23-26(32-24)33(25(31-23)18-7-2-1-3-8-18)20-13-11-19(12-14-20)27(29)15-6-16-27/h1-5,7-14,17H,6,15-16,29H2. The maximum atomic E-state index is 14.5. The lowest BCUT2D eigenvalue weighted by atomic mass is 9.73. The van der Waals surface area contributed by atoms with Crippen LogP contribution in [0.15, 0.2) is 85.1 Å². The molecular formula is C27H22FN5. The van der Waals surface area contributed by atoms with Crippen LogP contribution < -0.4 is 5.73 Å². The van der Waals surface area contributed by atoms with Gasteiger partial charge >= 0.3 is 0 Å². The molecule has 6 heteroatoms. The van der Waals surface area contributed by atoms with Gasteiger partial charge in [-0.25, -0.2) is 19.3 Å². The van der Waals surface area contributed by atoms with Crippen molar-refractivity contribution in [1.82, 2.24) is 19.5 Å². The predicted octanol–water partition coefficient (Wildman–Crippen LogP) is 5.63. The van der Waals surface area contributed by atoms with Crippen molar-refractivity contribution in [2.24, 2.45) is 5.73 Å². The summed E-state index contributed by atoms with van der Waals surface area (Å²) in [6, 6.07) is 24.8. The zero-order valence-electron chi connectivity index (χ0n) is 17.9. The van der Waals surface area contributed by atoms with Crippen molar-refractivity contribution in [2.45, 2.75) is 24.8 Å². The third-order valence-corrected chi connectivity index (χ3v) is 6.49. The normalized spacial score (nSPS) is 14.8. The number of hydrogen-bond donors (Lipinski definition) is 1. The van der Waals surface area contributed by atoms with Crippen molar-refractivity contribution < 1.29 is 4.39 Å². The van der Waals surface area contributed by atoms with Gasteiger partial charge in [-0.3, -0.25) is 4.57 Å². The van der Waals surface area contributed by atoms with Crippen molar-refractivity contribution in [3.63, 3.8) is 0 Å². The van der Waals surface area contributed by atoms with Gasteiger partial charge in [0.05, 0.1) is 11.8 Å². The van der Waals surface area contributed by atoms with E-state index in [1.807, 2.05) is 34.9 Å². The summed E-state index contributed by atoms with van der Waals surface area (Å²) in [7, 11) is 0. The molecule has 1 fully saturated rings. The summed E-state index contributed by atoms with van der Waals surface area (Å²) in [4.78, 5) is 14.0. The summed E-state index contributed by atoms with van der Waals surface area (Å²) < 4.78 is 16.5. The van der Waals surface area contributed by atoms with E-state index in [-0.39, 0.29) is 11.4 Å². The Morgan fingerprint density at radius 1 is 0.848 bits per heavy atom. The van der Waals surface area contributed by atoms with Crippen LogP contribution in [0.4, 0.5) is 4.39 Å². The zero-order chi connectivity index (χ0) is 22.4. The Morgan fingerprint density at radius 3 is 2.27 bits per heavy atom. The Morgan fingerprint density at radius 2 is 1.58 bits per heavy atom. The molecule has 2 aromatic heterocycles. The number of imidazole rings is 1. The lowest BCUT2D eigenvalue weighted by Crippen LogP contribution is -2.43. The van der Waals surface area contributed by atoms with Gasteiger partial charge in [0, 0.05) is 16.8 Å². The SMILES string of the molecule is NC1(c2ccc(-n3c(-c4ccccc4)nc4cnc(-c5ccccc5F)nc43)cc2)CCC1. The highest BCUT2D eigenvalue weighted by Crippen LogP contribution is 2.39. The molecule has 0 atom stereocenters. The first-order valence-electron chi connectivity index (χ1n) is 11.1. The zero-order valence-corrected chi connectivity index (χ0v) is 17.9. The van der Waals surface area contributed by atoms with Gasteiger partial charge in [0.1, 0.15) is 17.2 Å². The highest BCUT2D eigenvalue weighted by molar-refractivity contribution is 5.81. The largest absolute Gasteiger partial charge is 0.321 e. The summed E-state index contributed by atoms with van der Waals surface area (Å²) in [5, 5.41) is 0. The minimum Gasteiger partial charge on any atom is -0.321 e. The molecule has 2 heterocycles. The first-order valence-corrected chi connectivity index (χ1v) is 11.1. The number of halogens is 1. The van der Waals surface area contributed by atoms with Crippen LogP contribution >= 0.6 is 0 Å². The Hall–Kier alpha value is -3.90. The number of aromatic nitrogens is 4. The molecule has 1 aliphatic carbocycles. The van der Waals surface area contributed by atoms with Crippen LogP contribution in [0.3, 0.4) is 0 Å². The lowest BCUT2D eigenvalue weighted by Gasteiger charge is -2.38. The van der Waals surface area contributed by atoms with E-state index in [1.54, 1.807) is 24.4 Å². The Labute approximate surface area is 190 Å². The second-order valence-electron chi connectivity index (χ2n) is 8.58. The van der Waals surface area contributed by atoms with Crippen molar-refractivity contribution in [1.29, 1.82) is 0 Å². The van der Waals surface area contributed by atoms with Crippen molar-refractivity contribution in [3.8, 4) is 28.5 Å².